The van der Waals surface area contributed by atoms with Gasteiger partial charge in [0.25, 0.3) is 0 Å². The Labute approximate surface area is 168 Å². The average molecular weight is 443 g/mol. The van der Waals surface area contributed by atoms with E-state index in [2.05, 4.69) is 13.2 Å². The Kier molecular flexibility index (Phi) is 7.75. The van der Waals surface area contributed by atoms with Gasteiger partial charge in [-0.05, 0) is 48.5 Å². The summed E-state index contributed by atoms with van der Waals surface area (Å²) in [6.07, 6.45) is 2.71. The third-order valence-electron chi connectivity index (χ3n) is 3.30. The van der Waals surface area contributed by atoms with Gasteiger partial charge in [0.05, 0.1) is 21.3 Å². The average Bonchev–Trinajstić information content (AvgIpc) is 2.62. The molecule has 0 aliphatic heterocycles. The minimum absolute atomic E-state index is 0.107. The summed E-state index contributed by atoms with van der Waals surface area (Å²) in [5.41, 5.74) is 0. The van der Waals surface area contributed by atoms with Crippen molar-refractivity contribution >= 4 is 43.8 Å². The minimum atomic E-state index is -3.34. The number of benzene rings is 2. The second kappa shape index (κ2) is 9.61. The second-order valence-electron chi connectivity index (χ2n) is 5.32. The maximum atomic E-state index is 11.9. The highest BCUT2D eigenvalue weighted by molar-refractivity contribution is 8.08. The fourth-order valence-electron chi connectivity index (χ4n) is 2.00. The van der Waals surface area contributed by atoms with E-state index in [-0.39, 0.29) is 21.3 Å². The molecule has 144 valence electrons. The van der Waals surface area contributed by atoms with Crippen LogP contribution < -0.4 is 0 Å². The number of hydrogen-bond acceptors (Lipinski definition) is 7. The lowest BCUT2D eigenvalue weighted by atomic mass is 10.4. The van der Waals surface area contributed by atoms with Gasteiger partial charge >= 0.3 is 0 Å². The quantitative estimate of drug-likeness (QED) is 0.400. The molecule has 0 amide bonds. The van der Waals surface area contributed by atoms with Gasteiger partial charge in [0, 0.05) is 33.9 Å². The van der Waals surface area contributed by atoms with Crippen molar-refractivity contribution in [3.05, 3.63) is 73.8 Å². The fraction of sp³-hybridized carbons (Fsp3) is 0.111. The van der Waals surface area contributed by atoms with Gasteiger partial charge in [-0.1, -0.05) is 12.2 Å². The van der Waals surface area contributed by atoms with Crippen LogP contribution >= 0.6 is 24.1 Å². The molecule has 0 aliphatic rings. The molecule has 0 bridgehead atoms. The van der Waals surface area contributed by atoms with Crippen LogP contribution in [0.1, 0.15) is 0 Å². The van der Waals surface area contributed by atoms with E-state index in [1.165, 1.54) is 36.4 Å². The molecule has 0 atom stereocenters. The van der Waals surface area contributed by atoms with Gasteiger partial charge in [0.15, 0.2) is 19.7 Å². The fourth-order valence-corrected chi connectivity index (χ4v) is 5.37. The zero-order chi connectivity index (χ0) is 19.9. The number of sulfone groups is 2. The van der Waals surface area contributed by atoms with Crippen molar-refractivity contribution < 1.29 is 20.5 Å². The number of rotatable bonds is 10. The van der Waals surface area contributed by atoms with Gasteiger partial charge in [-0.3, -0.25) is 0 Å². The highest BCUT2D eigenvalue weighted by Gasteiger charge is 2.13. The highest BCUT2D eigenvalue weighted by Crippen LogP contribution is 2.31. The molecule has 0 unspecified atom stereocenters. The van der Waals surface area contributed by atoms with E-state index in [1.54, 1.807) is 24.3 Å². The predicted molar refractivity (Wildman–Crippen MR) is 110 cm³/mol. The van der Waals surface area contributed by atoms with Gasteiger partial charge in [0.2, 0.25) is 0 Å². The topological polar surface area (TPSA) is 77.5 Å². The third kappa shape index (κ3) is 6.25. The van der Waals surface area contributed by atoms with Crippen LogP contribution in [0.25, 0.3) is 0 Å². The van der Waals surface area contributed by atoms with E-state index in [0.29, 0.717) is 0 Å². The number of hydrogen-bond donors (Lipinski definition) is 0. The van der Waals surface area contributed by atoms with Crippen LogP contribution in [-0.4, -0.2) is 28.3 Å². The van der Waals surface area contributed by atoms with Gasteiger partial charge < -0.3 is 0 Å². The largest absolute Gasteiger partial charge is 0.237 e. The Hall–Kier alpha value is -1.52. The third-order valence-corrected chi connectivity index (χ3v) is 8.10. The molecule has 0 spiro atoms. The Bertz CT molecular complexity index is 909. The van der Waals surface area contributed by atoms with E-state index in [1.807, 2.05) is 0 Å². The summed E-state index contributed by atoms with van der Waals surface area (Å²) in [6, 6.07) is 12.7. The minimum Gasteiger partial charge on any atom is -0.237 e. The molecule has 0 aliphatic carbocycles. The first-order chi connectivity index (χ1) is 12.8. The van der Waals surface area contributed by atoms with E-state index < -0.39 is 19.7 Å². The highest BCUT2D eigenvalue weighted by atomic mass is 32.2. The van der Waals surface area contributed by atoms with Crippen molar-refractivity contribution in [1.29, 1.82) is 0 Å². The maximum Gasteiger partial charge on any atom is 0.181 e. The summed E-state index contributed by atoms with van der Waals surface area (Å²) < 4.78 is 53.1. The van der Waals surface area contributed by atoms with Crippen molar-refractivity contribution in [3.63, 3.8) is 0 Å². The summed E-state index contributed by atoms with van der Waals surface area (Å²) in [6.45, 7) is 6.88. The monoisotopic (exact) mass is 442 g/mol. The summed E-state index contributed by atoms with van der Waals surface area (Å²) in [5.74, 6) is -0.214. The zero-order valence-electron chi connectivity index (χ0n) is 14.3. The predicted octanol–water partition coefficient (Wildman–Crippen LogP) is 4.34. The maximum absolute atomic E-state index is 11.9. The van der Waals surface area contributed by atoms with Crippen molar-refractivity contribution in [2.75, 3.05) is 11.5 Å². The molecule has 2 aromatic rings. The Morgan fingerprint density at radius 1 is 0.704 bits per heavy atom. The molecule has 0 radical (unpaired) electrons. The van der Waals surface area contributed by atoms with Gasteiger partial charge in [0.1, 0.15) is 0 Å². The standard InChI is InChI=1S/C18H18O5S4/c1-3-13-26(19,20)17-9-5-15(6-10-17)24-23-25-16-7-11-18(12-8-16)27(21,22)14-4-2/h3-12H,1-2,13-14H2. The van der Waals surface area contributed by atoms with Gasteiger partial charge in [-0.2, -0.15) is 0 Å². The molecule has 0 saturated carbocycles. The zero-order valence-corrected chi connectivity index (χ0v) is 17.5. The lowest BCUT2D eigenvalue weighted by Crippen LogP contribution is -2.04. The van der Waals surface area contributed by atoms with Crippen molar-refractivity contribution in [3.8, 4) is 0 Å². The van der Waals surface area contributed by atoms with E-state index in [4.69, 9.17) is 3.63 Å². The first-order valence-corrected chi connectivity index (χ1v) is 12.5. The normalized spacial score (nSPS) is 11.9. The van der Waals surface area contributed by atoms with E-state index >= 15 is 0 Å². The van der Waals surface area contributed by atoms with Crippen LogP contribution in [0.15, 0.2) is 93.4 Å². The molecule has 0 heterocycles. The van der Waals surface area contributed by atoms with Crippen molar-refractivity contribution in [1.82, 2.24) is 0 Å². The van der Waals surface area contributed by atoms with Crippen LogP contribution in [0.2, 0.25) is 0 Å². The Morgan fingerprint density at radius 2 is 1.04 bits per heavy atom. The molecule has 2 rings (SSSR count). The Morgan fingerprint density at radius 3 is 1.33 bits per heavy atom. The molecule has 5 nitrogen and oxygen atoms in total. The molecule has 27 heavy (non-hydrogen) atoms. The molecule has 0 aromatic heterocycles. The molecular weight excluding hydrogens is 424 g/mol. The summed E-state index contributed by atoms with van der Waals surface area (Å²) in [7, 11) is -6.68. The van der Waals surface area contributed by atoms with Crippen LogP contribution in [0.3, 0.4) is 0 Å². The van der Waals surface area contributed by atoms with Crippen molar-refractivity contribution in [2.24, 2.45) is 0 Å². The molecular formula is C18H18O5S4. The van der Waals surface area contributed by atoms with E-state index in [0.717, 1.165) is 33.9 Å². The van der Waals surface area contributed by atoms with Crippen LogP contribution in [0.4, 0.5) is 0 Å². The molecule has 0 fully saturated rings. The van der Waals surface area contributed by atoms with Crippen LogP contribution in [0, 0.1) is 0 Å². The molecule has 0 N–H and O–H groups in total. The first-order valence-electron chi connectivity index (χ1n) is 7.67. The lowest BCUT2D eigenvalue weighted by molar-refractivity contribution is 0.597. The summed E-state index contributed by atoms with van der Waals surface area (Å²) in [5, 5.41) is 0. The van der Waals surface area contributed by atoms with Crippen LogP contribution in [-0.2, 0) is 23.3 Å². The summed E-state index contributed by atoms with van der Waals surface area (Å²) in [4.78, 5) is 1.95. The van der Waals surface area contributed by atoms with Gasteiger partial charge in [-0.25, -0.2) is 20.5 Å². The van der Waals surface area contributed by atoms with Gasteiger partial charge in [-0.15, -0.1) is 13.2 Å². The second-order valence-corrected chi connectivity index (χ2v) is 11.2. The SMILES string of the molecule is C=CCS(=O)(=O)c1ccc(SOSc2ccc(S(=O)(=O)CC=C)cc2)cc1. The molecule has 2 aromatic carbocycles. The smallest absolute Gasteiger partial charge is 0.181 e. The first kappa shape index (κ1) is 21.8. The van der Waals surface area contributed by atoms with E-state index in [9.17, 15) is 16.8 Å². The van der Waals surface area contributed by atoms with Crippen molar-refractivity contribution in [2.45, 2.75) is 19.6 Å². The molecule has 0 saturated heterocycles. The molecule has 9 heteroatoms. The summed E-state index contributed by atoms with van der Waals surface area (Å²) >= 11 is 2.16. The lowest BCUT2D eigenvalue weighted by Gasteiger charge is -2.05. The Balaban J connectivity index is 1.93. The van der Waals surface area contributed by atoms with Crippen LogP contribution in [0.5, 0.6) is 0 Å².